The second-order valence-electron chi connectivity index (χ2n) is 7.81. The number of nitrogens with zero attached hydrogens (tertiary/aromatic N) is 2. The normalized spacial score (nSPS) is 17.7. The number of carbonyl (C=O) groups is 2. The maximum absolute atomic E-state index is 13.3. The first kappa shape index (κ1) is 19.3. The van der Waals surface area contributed by atoms with Crippen LogP contribution in [0.15, 0.2) is 34.9 Å². The average molecular weight is 424 g/mol. The number of furan rings is 1. The smallest absolute Gasteiger partial charge is 0.414 e. The van der Waals surface area contributed by atoms with Crippen molar-refractivity contribution in [3.05, 3.63) is 47.7 Å². The Hall–Kier alpha value is -3.62. The molecule has 2 aliphatic rings. The Morgan fingerprint density at radius 3 is 3.00 bits per heavy atom. The largest absolute Gasteiger partial charge is 0.442 e. The number of rotatable bonds is 4. The minimum absolute atomic E-state index is 0.160. The number of H-pyrrole nitrogens is 1. The van der Waals surface area contributed by atoms with E-state index in [9.17, 15) is 14.0 Å². The number of hydrogen-bond acceptors (Lipinski definition) is 5. The SMILES string of the molecule is CC(=O)NCC1CN(c2ccc3c(c2)CCCc2c(-c4coc(F)c4)n[nH]c2-3)C(=O)O1. The summed E-state index contributed by atoms with van der Waals surface area (Å²) in [6, 6.07) is 6.56. The van der Waals surface area contributed by atoms with Crippen LogP contribution in [0.1, 0.15) is 24.5 Å². The third-order valence-electron chi connectivity index (χ3n) is 5.70. The molecule has 2 N–H and O–H groups in total. The summed E-state index contributed by atoms with van der Waals surface area (Å²) in [5.41, 5.74) is 6.12. The fraction of sp³-hybridized carbons (Fsp3) is 0.318. The van der Waals surface area contributed by atoms with Crippen molar-refractivity contribution in [1.82, 2.24) is 15.5 Å². The predicted octanol–water partition coefficient (Wildman–Crippen LogP) is 3.43. The number of amides is 2. The standard InChI is InChI=1S/C22H21FN4O4/c1-12(28)24-9-16-10-27(22(29)31-16)15-5-6-17-13(7-15)3-2-4-18-20(25-26-21(17)18)14-8-19(23)30-11-14/h5-8,11,16H,2-4,9-10H2,1H3,(H,24,28)(H,25,26). The van der Waals surface area contributed by atoms with Gasteiger partial charge in [-0.05, 0) is 37.0 Å². The molecule has 0 spiro atoms. The molecule has 31 heavy (non-hydrogen) atoms. The lowest BCUT2D eigenvalue weighted by Gasteiger charge is -2.16. The van der Waals surface area contributed by atoms with Gasteiger partial charge in [0.1, 0.15) is 12.4 Å². The molecule has 1 unspecified atom stereocenters. The molecule has 0 bridgehead atoms. The summed E-state index contributed by atoms with van der Waals surface area (Å²) in [5.74, 6) is -0.160. The summed E-state index contributed by atoms with van der Waals surface area (Å²) < 4.78 is 23.5. The first-order valence-electron chi connectivity index (χ1n) is 10.2. The molecule has 0 saturated carbocycles. The Labute approximate surface area is 177 Å². The lowest BCUT2D eigenvalue weighted by atomic mass is 10.00. The number of fused-ring (bicyclic) bond motifs is 3. The quantitative estimate of drug-likeness (QED) is 0.668. The van der Waals surface area contributed by atoms with Crippen LogP contribution in [0.25, 0.3) is 22.5 Å². The van der Waals surface area contributed by atoms with E-state index < -0.39 is 12.1 Å². The topological polar surface area (TPSA) is 100 Å². The number of nitrogens with one attached hydrogen (secondary N) is 2. The second-order valence-corrected chi connectivity index (χ2v) is 7.81. The van der Waals surface area contributed by atoms with Crippen LogP contribution < -0.4 is 10.2 Å². The van der Waals surface area contributed by atoms with Gasteiger partial charge in [-0.3, -0.25) is 14.8 Å². The van der Waals surface area contributed by atoms with Gasteiger partial charge in [0.2, 0.25) is 5.91 Å². The lowest BCUT2D eigenvalue weighted by Crippen LogP contribution is -2.33. The highest BCUT2D eigenvalue weighted by atomic mass is 19.1. The average Bonchev–Trinajstić information content (AvgIpc) is 3.42. The van der Waals surface area contributed by atoms with Gasteiger partial charge in [-0.1, -0.05) is 6.07 Å². The van der Waals surface area contributed by atoms with Crippen LogP contribution in [-0.4, -0.2) is 41.4 Å². The zero-order chi connectivity index (χ0) is 21.5. The van der Waals surface area contributed by atoms with Crippen LogP contribution in [-0.2, 0) is 22.4 Å². The van der Waals surface area contributed by atoms with Gasteiger partial charge in [0.25, 0.3) is 6.01 Å². The van der Waals surface area contributed by atoms with Gasteiger partial charge in [-0.25, -0.2) is 4.79 Å². The lowest BCUT2D eigenvalue weighted by molar-refractivity contribution is -0.119. The van der Waals surface area contributed by atoms with Gasteiger partial charge in [-0.15, -0.1) is 0 Å². The summed E-state index contributed by atoms with van der Waals surface area (Å²) in [6.07, 6.45) is 3.09. The number of aromatic nitrogens is 2. The molecule has 0 radical (unpaired) electrons. The number of carbonyl (C=O) groups excluding carboxylic acids is 2. The number of ether oxygens (including phenoxy) is 1. The molecule has 1 aliphatic carbocycles. The van der Waals surface area contributed by atoms with Crippen LogP contribution in [0.5, 0.6) is 0 Å². The van der Waals surface area contributed by atoms with Crippen LogP contribution in [0.4, 0.5) is 14.9 Å². The third kappa shape index (κ3) is 3.56. The van der Waals surface area contributed by atoms with E-state index in [-0.39, 0.29) is 18.6 Å². The van der Waals surface area contributed by atoms with Gasteiger partial charge in [0.15, 0.2) is 0 Å². The Balaban J connectivity index is 1.43. The summed E-state index contributed by atoms with van der Waals surface area (Å²) in [5, 5.41) is 10.2. The van der Waals surface area contributed by atoms with Crippen molar-refractivity contribution in [3.8, 4) is 22.5 Å². The number of benzene rings is 1. The minimum Gasteiger partial charge on any atom is -0.442 e. The Kier molecular flexibility index (Phi) is 4.72. The molecule has 1 fully saturated rings. The van der Waals surface area contributed by atoms with E-state index >= 15 is 0 Å². The molecule has 9 heteroatoms. The molecule has 1 aromatic carbocycles. The fourth-order valence-electron chi connectivity index (χ4n) is 4.25. The molecule has 8 nitrogen and oxygen atoms in total. The van der Waals surface area contributed by atoms with E-state index in [0.29, 0.717) is 17.8 Å². The summed E-state index contributed by atoms with van der Waals surface area (Å²) in [4.78, 5) is 25.1. The number of anilines is 1. The fourth-order valence-corrected chi connectivity index (χ4v) is 4.25. The summed E-state index contributed by atoms with van der Waals surface area (Å²) in [6.45, 7) is 2.10. The monoisotopic (exact) mass is 424 g/mol. The molecule has 1 saturated heterocycles. The van der Waals surface area contributed by atoms with Gasteiger partial charge in [-0.2, -0.15) is 9.49 Å². The molecule has 1 atom stereocenters. The third-order valence-corrected chi connectivity index (χ3v) is 5.70. The van der Waals surface area contributed by atoms with Gasteiger partial charge >= 0.3 is 6.09 Å². The zero-order valence-electron chi connectivity index (χ0n) is 16.9. The van der Waals surface area contributed by atoms with Crippen molar-refractivity contribution in [2.45, 2.75) is 32.3 Å². The molecule has 2 aromatic heterocycles. The van der Waals surface area contributed by atoms with Crippen molar-refractivity contribution >= 4 is 17.7 Å². The van der Waals surface area contributed by atoms with Gasteiger partial charge in [0.05, 0.1) is 24.5 Å². The van der Waals surface area contributed by atoms with E-state index in [2.05, 4.69) is 15.5 Å². The molecule has 1 aliphatic heterocycles. The van der Waals surface area contributed by atoms with Crippen molar-refractivity contribution in [3.63, 3.8) is 0 Å². The Morgan fingerprint density at radius 2 is 2.23 bits per heavy atom. The van der Waals surface area contributed by atoms with E-state index in [1.807, 2.05) is 18.2 Å². The number of cyclic esters (lactones) is 1. The molecule has 3 heterocycles. The minimum atomic E-state index is -0.639. The van der Waals surface area contributed by atoms with Crippen LogP contribution in [0.3, 0.4) is 0 Å². The summed E-state index contributed by atoms with van der Waals surface area (Å²) >= 11 is 0. The van der Waals surface area contributed by atoms with E-state index in [0.717, 1.165) is 47.3 Å². The van der Waals surface area contributed by atoms with E-state index in [1.165, 1.54) is 19.3 Å². The molecular formula is C22H21FN4O4. The Morgan fingerprint density at radius 1 is 1.35 bits per heavy atom. The molecule has 160 valence electrons. The van der Waals surface area contributed by atoms with E-state index in [4.69, 9.17) is 9.15 Å². The molecule has 3 aromatic rings. The van der Waals surface area contributed by atoms with Crippen LogP contribution in [0.2, 0.25) is 0 Å². The maximum Gasteiger partial charge on any atom is 0.414 e. The number of aromatic amines is 1. The highest BCUT2D eigenvalue weighted by molar-refractivity contribution is 5.91. The second kappa shape index (κ2) is 7.57. The number of aryl methyl sites for hydroxylation is 1. The van der Waals surface area contributed by atoms with Crippen LogP contribution >= 0.6 is 0 Å². The number of hydrogen-bond donors (Lipinski definition) is 2. The predicted molar refractivity (Wildman–Crippen MR) is 110 cm³/mol. The maximum atomic E-state index is 13.3. The van der Waals surface area contributed by atoms with Crippen molar-refractivity contribution in [2.24, 2.45) is 0 Å². The first-order chi connectivity index (χ1) is 15.0. The first-order valence-corrected chi connectivity index (χ1v) is 10.2. The number of halogens is 1. The summed E-state index contributed by atoms with van der Waals surface area (Å²) in [7, 11) is 0. The van der Waals surface area contributed by atoms with Gasteiger partial charge in [0, 0.05) is 35.4 Å². The van der Waals surface area contributed by atoms with Crippen molar-refractivity contribution < 1.29 is 23.1 Å². The molecule has 5 rings (SSSR count). The van der Waals surface area contributed by atoms with Crippen molar-refractivity contribution in [2.75, 3.05) is 18.0 Å². The highest BCUT2D eigenvalue weighted by Gasteiger charge is 2.33. The van der Waals surface area contributed by atoms with Gasteiger partial charge < -0.3 is 14.5 Å². The Bertz CT molecular complexity index is 1170. The van der Waals surface area contributed by atoms with Crippen LogP contribution in [0, 0.1) is 6.01 Å². The highest BCUT2D eigenvalue weighted by Crippen LogP contribution is 2.38. The van der Waals surface area contributed by atoms with E-state index in [1.54, 1.807) is 4.90 Å². The zero-order valence-corrected chi connectivity index (χ0v) is 16.9. The molecular weight excluding hydrogens is 403 g/mol. The molecule has 2 amide bonds. The van der Waals surface area contributed by atoms with Crippen molar-refractivity contribution in [1.29, 1.82) is 0 Å².